The SMILES string of the molecule is CC(C)c1cc(-c2cc(-c3cncc(-c4cc(C(C)(C)C)cc5nccnc45)c3)c3nc(-c4cc(C(C)(C)C)ccc4O)n(-c4ccc(C(C)(C)C)cc4)c3c2)cc(C(C)C)c1. The maximum atomic E-state index is 11.7. The molecule has 3 heterocycles. The third kappa shape index (κ3) is 8.15. The van der Waals surface area contributed by atoms with Crippen LogP contribution in [0.5, 0.6) is 5.75 Å². The zero-order chi connectivity index (χ0) is 44.5. The number of hydrogen-bond donors (Lipinski definition) is 1. The molecule has 0 fully saturated rings. The van der Waals surface area contributed by atoms with Crippen molar-refractivity contribution in [1.82, 2.24) is 24.5 Å². The zero-order valence-electron chi connectivity index (χ0n) is 38.8. The summed E-state index contributed by atoms with van der Waals surface area (Å²) < 4.78 is 2.24. The van der Waals surface area contributed by atoms with Crippen molar-refractivity contribution < 1.29 is 5.11 Å². The smallest absolute Gasteiger partial charge is 0.149 e. The van der Waals surface area contributed by atoms with E-state index >= 15 is 0 Å². The van der Waals surface area contributed by atoms with E-state index in [0.29, 0.717) is 23.2 Å². The molecule has 0 saturated heterocycles. The summed E-state index contributed by atoms with van der Waals surface area (Å²) in [6.07, 6.45) is 7.39. The number of phenolic OH excluding ortho intramolecular Hbond substituents is 1. The van der Waals surface area contributed by atoms with Crippen LogP contribution in [0.3, 0.4) is 0 Å². The maximum Gasteiger partial charge on any atom is 0.149 e. The third-order valence-electron chi connectivity index (χ3n) is 12.3. The summed E-state index contributed by atoms with van der Waals surface area (Å²) in [5, 5.41) is 11.7. The first-order valence-corrected chi connectivity index (χ1v) is 22.0. The molecule has 6 nitrogen and oxygen atoms in total. The van der Waals surface area contributed by atoms with Gasteiger partial charge in [0.05, 0.1) is 27.6 Å². The first kappa shape index (κ1) is 42.5. The first-order chi connectivity index (χ1) is 29.2. The molecule has 0 amide bonds. The molecule has 0 unspecified atom stereocenters. The Morgan fingerprint density at radius 2 is 1.05 bits per heavy atom. The van der Waals surface area contributed by atoms with Gasteiger partial charge in [0.2, 0.25) is 0 Å². The van der Waals surface area contributed by atoms with Crippen molar-refractivity contribution in [2.45, 2.75) is 118 Å². The molecule has 0 atom stereocenters. The van der Waals surface area contributed by atoms with Crippen LogP contribution < -0.4 is 0 Å². The summed E-state index contributed by atoms with van der Waals surface area (Å²) in [7, 11) is 0. The molecule has 6 heteroatoms. The second kappa shape index (κ2) is 15.6. The third-order valence-corrected chi connectivity index (χ3v) is 12.3. The monoisotopic (exact) mass is 819 g/mol. The fraction of sp³-hybridized carbons (Fsp3) is 0.321. The minimum atomic E-state index is -0.146. The van der Waals surface area contributed by atoms with Crippen LogP contribution in [0, 0.1) is 0 Å². The average Bonchev–Trinajstić information content (AvgIpc) is 3.61. The van der Waals surface area contributed by atoms with Crippen LogP contribution >= 0.6 is 0 Å². The van der Waals surface area contributed by atoms with Crippen LogP contribution in [0.2, 0.25) is 0 Å². The predicted molar refractivity (Wildman–Crippen MR) is 260 cm³/mol. The van der Waals surface area contributed by atoms with Gasteiger partial charge in [-0.15, -0.1) is 0 Å². The quantitative estimate of drug-likeness (QED) is 0.173. The van der Waals surface area contributed by atoms with Gasteiger partial charge >= 0.3 is 0 Å². The van der Waals surface area contributed by atoms with E-state index in [-0.39, 0.29) is 22.0 Å². The Bertz CT molecular complexity index is 2940. The van der Waals surface area contributed by atoms with Crippen molar-refractivity contribution in [3.05, 3.63) is 144 Å². The van der Waals surface area contributed by atoms with Crippen molar-refractivity contribution in [1.29, 1.82) is 0 Å². The number of imidazole rings is 1. The highest BCUT2D eigenvalue weighted by Gasteiger charge is 2.25. The van der Waals surface area contributed by atoms with Crippen LogP contribution in [0.25, 0.3) is 72.5 Å². The minimum Gasteiger partial charge on any atom is -0.507 e. The number of fused-ring (bicyclic) bond motifs is 2. The molecular formula is C56H61N5O. The molecule has 62 heavy (non-hydrogen) atoms. The molecule has 5 aromatic carbocycles. The van der Waals surface area contributed by atoms with Crippen molar-refractivity contribution in [3.63, 3.8) is 0 Å². The maximum absolute atomic E-state index is 11.7. The standard InChI is InChI=1S/C56H61N5O/c1-33(2)35-22-36(34(3)4)24-37(23-35)38-26-45(39-25-40(32-57-31-39)46-29-43(56(11,12)13)30-48-51(46)59-21-20-58-48)52-49(27-38)61(44-17-14-41(15-18-44)54(5,6)7)53(60-52)47-28-42(55(8,9)10)16-19-50(47)62/h14-34,62H,1-13H3. The summed E-state index contributed by atoms with van der Waals surface area (Å²) in [6, 6.07) is 33.0. The Morgan fingerprint density at radius 3 is 1.65 bits per heavy atom. The van der Waals surface area contributed by atoms with Crippen molar-refractivity contribution in [2.75, 3.05) is 0 Å². The predicted octanol–water partition coefficient (Wildman–Crippen LogP) is 14.9. The minimum absolute atomic E-state index is 0.0190. The molecule has 0 aliphatic rings. The molecule has 0 radical (unpaired) electrons. The van der Waals surface area contributed by atoms with Gasteiger partial charge in [-0.3, -0.25) is 19.5 Å². The summed E-state index contributed by atoms with van der Waals surface area (Å²) in [6.45, 7) is 29.0. The van der Waals surface area contributed by atoms with Gasteiger partial charge in [0.25, 0.3) is 0 Å². The lowest BCUT2D eigenvalue weighted by molar-refractivity contribution is 0.475. The van der Waals surface area contributed by atoms with E-state index in [0.717, 1.165) is 66.7 Å². The lowest BCUT2D eigenvalue weighted by atomic mass is 9.84. The lowest BCUT2D eigenvalue weighted by Gasteiger charge is -2.21. The fourth-order valence-electron chi connectivity index (χ4n) is 8.27. The van der Waals surface area contributed by atoms with E-state index < -0.39 is 0 Å². The molecule has 0 bridgehead atoms. The van der Waals surface area contributed by atoms with E-state index in [1.807, 2.05) is 24.5 Å². The fourth-order valence-corrected chi connectivity index (χ4v) is 8.27. The normalized spacial score (nSPS) is 12.6. The van der Waals surface area contributed by atoms with E-state index in [1.165, 1.54) is 22.3 Å². The Balaban J connectivity index is 1.48. The van der Waals surface area contributed by atoms with Gasteiger partial charge in [0, 0.05) is 52.7 Å². The van der Waals surface area contributed by atoms with Crippen LogP contribution in [0.15, 0.2) is 116 Å². The van der Waals surface area contributed by atoms with Gasteiger partial charge < -0.3 is 5.11 Å². The Hall–Kier alpha value is -6.14. The van der Waals surface area contributed by atoms with Crippen molar-refractivity contribution in [2.24, 2.45) is 0 Å². The van der Waals surface area contributed by atoms with E-state index in [1.54, 1.807) is 12.4 Å². The second-order valence-corrected chi connectivity index (χ2v) is 20.8. The van der Waals surface area contributed by atoms with Crippen LogP contribution in [0.1, 0.15) is 130 Å². The lowest BCUT2D eigenvalue weighted by Crippen LogP contribution is -2.11. The van der Waals surface area contributed by atoms with Gasteiger partial charge in [0.1, 0.15) is 11.6 Å². The number of pyridine rings is 1. The zero-order valence-corrected chi connectivity index (χ0v) is 38.8. The molecular weight excluding hydrogens is 759 g/mol. The molecule has 0 aliphatic heterocycles. The number of nitrogens with zero attached hydrogens (tertiary/aromatic N) is 5. The van der Waals surface area contributed by atoms with Crippen LogP contribution in [-0.4, -0.2) is 29.6 Å². The molecule has 0 aliphatic carbocycles. The number of aromatic nitrogens is 5. The molecule has 3 aromatic heterocycles. The summed E-state index contributed by atoms with van der Waals surface area (Å²) in [4.78, 5) is 20.1. The number of benzene rings is 5. The average molecular weight is 820 g/mol. The number of hydrogen-bond acceptors (Lipinski definition) is 5. The molecule has 8 rings (SSSR count). The Morgan fingerprint density at radius 1 is 0.500 bits per heavy atom. The van der Waals surface area contributed by atoms with E-state index in [9.17, 15) is 5.11 Å². The first-order valence-electron chi connectivity index (χ1n) is 22.0. The highest BCUT2D eigenvalue weighted by Crippen LogP contribution is 2.43. The highest BCUT2D eigenvalue weighted by atomic mass is 16.3. The molecule has 1 N–H and O–H groups in total. The van der Waals surface area contributed by atoms with Gasteiger partial charge in [-0.05, 0) is 122 Å². The summed E-state index contributed by atoms with van der Waals surface area (Å²) in [5.41, 5.74) is 17.0. The Labute approximate surface area is 368 Å². The molecule has 8 aromatic rings. The topological polar surface area (TPSA) is 76.7 Å². The summed E-state index contributed by atoms with van der Waals surface area (Å²) in [5.74, 6) is 1.57. The van der Waals surface area contributed by atoms with Crippen LogP contribution in [0.4, 0.5) is 0 Å². The number of phenols is 1. The van der Waals surface area contributed by atoms with Gasteiger partial charge in [-0.2, -0.15) is 0 Å². The Kier molecular flexibility index (Phi) is 10.7. The second-order valence-electron chi connectivity index (χ2n) is 20.8. The van der Waals surface area contributed by atoms with E-state index in [4.69, 9.17) is 19.9 Å². The van der Waals surface area contributed by atoms with Crippen molar-refractivity contribution in [3.8, 4) is 56.2 Å². The molecule has 0 saturated carbocycles. The molecule has 316 valence electrons. The van der Waals surface area contributed by atoms with E-state index in [2.05, 4.69) is 173 Å². The van der Waals surface area contributed by atoms with Gasteiger partial charge in [-0.1, -0.05) is 126 Å². The van der Waals surface area contributed by atoms with Gasteiger partial charge in [0.15, 0.2) is 0 Å². The van der Waals surface area contributed by atoms with Crippen molar-refractivity contribution >= 4 is 22.1 Å². The summed E-state index contributed by atoms with van der Waals surface area (Å²) >= 11 is 0. The largest absolute Gasteiger partial charge is 0.507 e. The van der Waals surface area contributed by atoms with Gasteiger partial charge in [-0.25, -0.2) is 4.98 Å². The molecule has 0 spiro atoms. The highest BCUT2D eigenvalue weighted by molar-refractivity contribution is 6.00. The number of rotatable bonds is 7. The van der Waals surface area contributed by atoms with Crippen LogP contribution in [-0.2, 0) is 16.2 Å². The number of aromatic hydroxyl groups is 1.